The van der Waals surface area contributed by atoms with Gasteiger partial charge in [0.2, 0.25) is 0 Å². The Kier molecular flexibility index (Phi) is 7.42. The van der Waals surface area contributed by atoms with Crippen molar-refractivity contribution in [2.45, 2.75) is 38.7 Å². The molecule has 1 atom stereocenters. The molecule has 0 aromatic rings. The van der Waals surface area contributed by atoms with Crippen LogP contribution in [0.25, 0.3) is 0 Å². The van der Waals surface area contributed by atoms with Crippen LogP contribution >= 0.6 is 0 Å². The van der Waals surface area contributed by atoms with Crippen LogP contribution in [-0.4, -0.2) is 47.3 Å². The molecule has 0 aliphatic rings. The Morgan fingerprint density at radius 2 is 2.00 bits per heavy atom. The summed E-state index contributed by atoms with van der Waals surface area (Å²) in [6.45, 7) is 3.54. The third kappa shape index (κ3) is 9.48. The second-order valence-corrected chi connectivity index (χ2v) is 3.79. The van der Waals surface area contributed by atoms with Crippen molar-refractivity contribution in [3.8, 4) is 0 Å². The van der Waals surface area contributed by atoms with E-state index in [1.165, 1.54) is 0 Å². The van der Waals surface area contributed by atoms with Crippen molar-refractivity contribution >= 4 is 5.97 Å². The first-order chi connectivity index (χ1) is 6.52. The number of rotatable bonds is 8. The average Bonchev–Trinajstić information content (AvgIpc) is 2.08. The van der Waals surface area contributed by atoms with Crippen molar-refractivity contribution in [3.63, 3.8) is 0 Å². The monoisotopic (exact) mass is 203 g/mol. The van der Waals surface area contributed by atoms with Crippen LogP contribution in [0.2, 0.25) is 0 Å². The number of aliphatic hydroxyl groups excluding tert-OH is 1. The molecular formula is C10H21NO3. The Morgan fingerprint density at radius 3 is 2.50 bits per heavy atom. The van der Waals surface area contributed by atoms with Crippen molar-refractivity contribution in [3.05, 3.63) is 0 Å². The molecule has 4 nitrogen and oxygen atoms in total. The van der Waals surface area contributed by atoms with Gasteiger partial charge in [-0.2, -0.15) is 0 Å². The van der Waals surface area contributed by atoms with E-state index in [9.17, 15) is 4.79 Å². The van der Waals surface area contributed by atoms with Gasteiger partial charge in [-0.15, -0.1) is 0 Å². The van der Waals surface area contributed by atoms with Gasteiger partial charge in [0.15, 0.2) is 0 Å². The maximum Gasteiger partial charge on any atom is 0.303 e. The maximum atomic E-state index is 10.2. The number of aliphatic hydroxyl groups is 1. The maximum absolute atomic E-state index is 10.2. The number of carboxylic acid groups (broad SMARTS) is 1. The van der Waals surface area contributed by atoms with Gasteiger partial charge in [-0.1, -0.05) is 0 Å². The largest absolute Gasteiger partial charge is 0.481 e. The zero-order valence-electron chi connectivity index (χ0n) is 9.07. The molecule has 0 radical (unpaired) electrons. The molecule has 0 spiro atoms. The van der Waals surface area contributed by atoms with Gasteiger partial charge in [-0.3, -0.25) is 4.79 Å². The topological polar surface area (TPSA) is 60.8 Å². The molecule has 4 heteroatoms. The fourth-order valence-electron chi connectivity index (χ4n) is 1.18. The van der Waals surface area contributed by atoms with Gasteiger partial charge in [-0.05, 0) is 39.8 Å². The Balaban J connectivity index is 3.26. The second kappa shape index (κ2) is 7.76. The van der Waals surface area contributed by atoms with Crippen LogP contribution < -0.4 is 0 Å². The molecule has 0 saturated carbocycles. The van der Waals surface area contributed by atoms with E-state index in [0.29, 0.717) is 0 Å². The first kappa shape index (κ1) is 13.4. The molecule has 0 aromatic heterocycles. The fraction of sp³-hybridized carbons (Fsp3) is 0.900. The summed E-state index contributed by atoms with van der Waals surface area (Å²) in [5.74, 6) is -0.725. The minimum absolute atomic E-state index is 0.253. The quantitative estimate of drug-likeness (QED) is 0.576. The van der Waals surface area contributed by atoms with Crippen LogP contribution in [0.15, 0.2) is 0 Å². The Morgan fingerprint density at radius 1 is 1.36 bits per heavy atom. The van der Waals surface area contributed by atoms with Crippen LogP contribution in [0.1, 0.15) is 32.6 Å². The molecule has 14 heavy (non-hydrogen) atoms. The van der Waals surface area contributed by atoms with Crippen LogP contribution in [0, 0.1) is 0 Å². The van der Waals surface area contributed by atoms with Gasteiger partial charge in [0.05, 0.1) is 6.10 Å². The van der Waals surface area contributed by atoms with Gasteiger partial charge in [-0.25, -0.2) is 0 Å². The summed E-state index contributed by atoms with van der Waals surface area (Å²) in [4.78, 5) is 12.3. The standard InChI is InChI=1S/C10H21NO3/c1-9(12)6-8-11(2)7-4-3-5-10(13)14/h9,12H,3-8H2,1-2H3,(H,13,14). The van der Waals surface area contributed by atoms with Crippen molar-refractivity contribution in [1.29, 1.82) is 0 Å². The summed E-state index contributed by atoms with van der Waals surface area (Å²) in [6.07, 6.45) is 2.41. The predicted octanol–water partition coefficient (Wildman–Crippen LogP) is 0.944. The summed E-state index contributed by atoms with van der Waals surface area (Å²) in [7, 11) is 1.99. The van der Waals surface area contributed by atoms with Crippen molar-refractivity contribution in [2.75, 3.05) is 20.1 Å². The number of hydrogen-bond acceptors (Lipinski definition) is 3. The number of nitrogens with zero attached hydrogens (tertiary/aromatic N) is 1. The zero-order chi connectivity index (χ0) is 11.0. The van der Waals surface area contributed by atoms with Crippen molar-refractivity contribution in [1.82, 2.24) is 4.90 Å². The molecule has 0 aliphatic heterocycles. The Labute approximate surface area is 85.5 Å². The normalized spacial score (nSPS) is 13.1. The minimum Gasteiger partial charge on any atom is -0.481 e. The highest BCUT2D eigenvalue weighted by Gasteiger charge is 2.02. The second-order valence-electron chi connectivity index (χ2n) is 3.79. The lowest BCUT2D eigenvalue weighted by atomic mass is 10.2. The third-order valence-corrected chi connectivity index (χ3v) is 2.11. The molecular weight excluding hydrogens is 182 g/mol. The first-order valence-corrected chi connectivity index (χ1v) is 5.10. The summed E-state index contributed by atoms with van der Waals surface area (Å²) >= 11 is 0. The summed E-state index contributed by atoms with van der Waals surface area (Å²) in [5.41, 5.74) is 0. The van der Waals surface area contributed by atoms with Crippen LogP contribution in [-0.2, 0) is 4.79 Å². The van der Waals surface area contributed by atoms with Gasteiger partial charge in [0.25, 0.3) is 0 Å². The molecule has 2 N–H and O–H groups in total. The van der Waals surface area contributed by atoms with E-state index in [1.807, 2.05) is 7.05 Å². The highest BCUT2D eigenvalue weighted by atomic mass is 16.4. The molecule has 0 heterocycles. The van der Waals surface area contributed by atoms with Crippen LogP contribution in [0.5, 0.6) is 0 Å². The smallest absolute Gasteiger partial charge is 0.303 e. The van der Waals surface area contributed by atoms with E-state index in [-0.39, 0.29) is 12.5 Å². The first-order valence-electron chi connectivity index (χ1n) is 5.10. The van der Waals surface area contributed by atoms with E-state index in [0.717, 1.165) is 32.4 Å². The predicted molar refractivity (Wildman–Crippen MR) is 55.3 cm³/mol. The summed E-state index contributed by atoms with van der Waals surface area (Å²) in [5, 5.41) is 17.4. The van der Waals surface area contributed by atoms with E-state index in [2.05, 4.69) is 4.90 Å². The van der Waals surface area contributed by atoms with Crippen molar-refractivity contribution in [2.24, 2.45) is 0 Å². The Bertz CT molecular complexity index is 159. The van der Waals surface area contributed by atoms with E-state index in [4.69, 9.17) is 10.2 Å². The van der Waals surface area contributed by atoms with Crippen LogP contribution in [0.4, 0.5) is 0 Å². The SMILES string of the molecule is CC(O)CCN(C)CCCCC(=O)O. The van der Waals surface area contributed by atoms with Gasteiger partial charge in [0, 0.05) is 13.0 Å². The highest BCUT2D eigenvalue weighted by molar-refractivity contribution is 5.66. The molecule has 0 bridgehead atoms. The van der Waals surface area contributed by atoms with E-state index < -0.39 is 5.97 Å². The number of hydrogen-bond donors (Lipinski definition) is 2. The molecule has 84 valence electrons. The summed E-state index contributed by atoms with van der Waals surface area (Å²) < 4.78 is 0. The molecule has 1 unspecified atom stereocenters. The van der Waals surface area contributed by atoms with E-state index in [1.54, 1.807) is 6.92 Å². The van der Waals surface area contributed by atoms with Gasteiger partial charge >= 0.3 is 5.97 Å². The average molecular weight is 203 g/mol. The number of unbranched alkanes of at least 4 members (excludes halogenated alkanes) is 1. The lowest BCUT2D eigenvalue weighted by Gasteiger charge is -2.16. The number of carbonyl (C=O) groups is 1. The van der Waals surface area contributed by atoms with E-state index >= 15 is 0 Å². The zero-order valence-corrected chi connectivity index (χ0v) is 9.07. The molecule has 0 fully saturated rings. The minimum atomic E-state index is -0.725. The lowest BCUT2D eigenvalue weighted by molar-refractivity contribution is -0.137. The summed E-state index contributed by atoms with van der Waals surface area (Å²) in [6, 6.07) is 0. The van der Waals surface area contributed by atoms with Gasteiger partial charge < -0.3 is 15.1 Å². The fourth-order valence-corrected chi connectivity index (χ4v) is 1.18. The molecule has 0 amide bonds. The third-order valence-electron chi connectivity index (χ3n) is 2.11. The number of aliphatic carboxylic acids is 1. The molecule has 0 rings (SSSR count). The number of carboxylic acids is 1. The highest BCUT2D eigenvalue weighted by Crippen LogP contribution is 1.99. The lowest BCUT2D eigenvalue weighted by Crippen LogP contribution is -2.23. The van der Waals surface area contributed by atoms with Crippen molar-refractivity contribution < 1.29 is 15.0 Å². The van der Waals surface area contributed by atoms with Crippen LogP contribution in [0.3, 0.4) is 0 Å². The molecule has 0 saturated heterocycles. The molecule has 0 aromatic carbocycles. The Hall–Kier alpha value is -0.610. The molecule has 0 aliphatic carbocycles. The van der Waals surface area contributed by atoms with Gasteiger partial charge in [0.1, 0.15) is 0 Å².